The van der Waals surface area contributed by atoms with Crippen molar-refractivity contribution in [1.29, 1.82) is 0 Å². The number of carboxylic acids is 2. The molecule has 2 aromatic rings. The molecule has 2 amide bonds. The number of fused-ring (bicyclic) bond motifs is 1. The first-order valence-electron chi connectivity index (χ1n) is 14.9. The standard InChI is InChI=1S/C33H44N2O10S/c1-30(2,3)33(28(40)41,31(4,5)6)44-22-13-19(12-21(15-22)43-18-26(37)38)23(36)16-34-27(39)25-14-20-17-35(11-10-24(20)46-25)29(42)45-32(7,8)9/h12-15H,10-11,16-18H2,1-9H3,(H,34,39)(H,37,38)(H,40,41). The molecule has 0 spiro atoms. The van der Waals surface area contributed by atoms with E-state index in [1.165, 1.54) is 29.5 Å². The minimum atomic E-state index is -1.77. The number of benzene rings is 1. The van der Waals surface area contributed by atoms with Crippen LogP contribution < -0.4 is 14.8 Å². The van der Waals surface area contributed by atoms with Crippen molar-refractivity contribution in [1.82, 2.24) is 10.2 Å². The molecule has 0 saturated heterocycles. The number of ether oxygens (including phenoxy) is 3. The number of hydrogen-bond acceptors (Lipinski definition) is 9. The molecule has 13 heteroatoms. The summed E-state index contributed by atoms with van der Waals surface area (Å²) < 4.78 is 17.0. The third kappa shape index (κ3) is 8.36. The van der Waals surface area contributed by atoms with E-state index in [-0.39, 0.29) is 17.1 Å². The van der Waals surface area contributed by atoms with E-state index in [1.54, 1.807) is 73.3 Å². The molecule has 1 aromatic carbocycles. The number of carbonyl (C=O) groups is 5. The molecular weight excluding hydrogens is 616 g/mol. The van der Waals surface area contributed by atoms with Crippen LogP contribution in [0, 0.1) is 10.8 Å². The molecule has 252 valence electrons. The summed E-state index contributed by atoms with van der Waals surface area (Å²) >= 11 is 1.29. The lowest BCUT2D eigenvalue weighted by Crippen LogP contribution is -2.63. The summed E-state index contributed by atoms with van der Waals surface area (Å²) in [5.74, 6) is -3.50. The van der Waals surface area contributed by atoms with Crippen LogP contribution in [0.5, 0.6) is 11.5 Å². The van der Waals surface area contributed by atoms with E-state index in [9.17, 15) is 29.1 Å². The molecule has 1 aliphatic rings. The molecular formula is C33H44N2O10S. The topological polar surface area (TPSA) is 169 Å². The highest BCUT2D eigenvalue weighted by atomic mass is 32.1. The molecule has 0 saturated carbocycles. The van der Waals surface area contributed by atoms with Crippen molar-refractivity contribution in [3.05, 3.63) is 45.1 Å². The summed E-state index contributed by atoms with van der Waals surface area (Å²) in [5, 5.41) is 22.2. The van der Waals surface area contributed by atoms with Gasteiger partial charge in [-0.05, 0) is 51.0 Å². The number of carboxylic acid groups (broad SMARTS) is 2. The molecule has 1 aromatic heterocycles. The largest absolute Gasteiger partial charge is 0.482 e. The van der Waals surface area contributed by atoms with Gasteiger partial charge < -0.3 is 34.6 Å². The molecule has 0 atom stereocenters. The van der Waals surface area contributed by atoms with Crippen molar-refractivity contribution in [2.24, 2.45) is 10.8 Å². The molecule has 1 aliphatic heterocycles. The van der Waals surface area contributed by atoms with Crippen LogP contribution in [-0.4, -0.2) is 75.7 Å². The number of nitrogens with zero attached hydrogens (tertiary/aromatic N) is 1. The zero-order valence-corrected chi connectivity index (χ0v) is 28.7. The molecule has 3 N–H and O–H groups in total. The number of rotatable bonds is 10. The van der Waals surface area contributed by atoms with Gasteiger partial charge in [0.25, 0.3) is 5.91 Å². The van der Waals surface area contributed by atoms with Crippen LogP contribution in [0.1, 0.15) is 92.8 Å². The highest BCUT2D eigenvalue weighted by molar-refractivity contribution is 7.14. The predicted octanol–water partition coefficient (Wildman–Crippen LogP) is 5.41. The first kappa shape index (κ1) is 36.3. The first-order chi connectivity index (χ1) is 21.0. The van der Waals surface area contributed by atoms with Crippen LogP contribution in [0.25, 0.3) is 0 Å². The number of hydrogen-bond donors (Lipinski definition) is 3. The second kappa shape index (κ2) is 13.3. The molecule has 0 radical (unpaired) electrons. The number of aliphatic carboxylic acids is 2. The van der Waals surface area contributed by atoms with Crippen LogP contribution in [0.3, 0.4) is 0 Å². The van der Waals surface area contributed by atoms with Gasteiger partial charge in [-0.15, -0.1) is 11.3 Å². The van der Waals surface area contributed by atoms with Crippen LogP contribution >= 0.6 is 11.3 Å². The van der Waals surface area contributed by atoms with Crippen molar-refractivity contribution < 1.29 is 48.4 Å². The van der Waals surface area contributed by atoms with Gasteiger partial charge in [0.1, 0.15) is 17.1 Å². The molecule has 0 bridgehead atoms. The normalized spacial score (nSPS) is 13.8. The average molecular weight is 661 g/mol. The lowest BCUT2D eigenvalue weighted by atomic mass is 9.62. The van der Waals surface area contributed by atoms with Crippen LogP contribution in [0.4, 0.5) is 4.79 Å². The van der Waals surface area contributed by atoms with Gasteiger partial charge in [0.05, 0.1) is 18.0 Å². The fourth-order valence-corrected chi connectivity index (χ4v) is 6.67. The molecule has 2 heterocycles. The van der Waals surface area contributed by atoms with E-state index >= 15 is 0 Å². The van der Waals surface area contributed by atoms with Gasteiger partial charge in [0.2, 0.25) is 5.60 Å². The fraction of sp³-hybridized carbons (Fsp3) is 0.545. The third-order valence-electron chi connectivity index (χ3n) is 7.40. The molecule has 0 aliphatic carbocycles. The Hall–Kier alpha value is -4.13. The van der Waals surface area contributed by atoms with Gasteiger partial charge >= 0.3 is 18.0 Å². The van der Waals surface area contributed by atoms with E-state index in [0.29, 0.717) is 24.4 Å². The molecule has 12 nitrogen and oxygen atoms in total. The summed E-state index contributed by atoms with van der Waals surface area (Å²) in [7, 11) is 0. The third-order valence-corrected chi connectivity index (χ3v) is 8.64. The maximum Gasteiger partial charge on any atom is 0.410 e. The van der Waals surface area contributed by atoms with Crippen molar-refractivity contribution in [2.45, 2.75) is 86.5 Å². The Kier molecular flexibility index (Phi) is 10.5. The summed E-state index contributed by atoms with van der Waals surface area (Å²) in [5.41, 5.74) is -3.37. The van der Waals surface area contributed by atoms with Gasteiger partial charge in [-0.3, -0.25) is 9.59 Å². The van der Waals surface area contributed by atoms with Crippen LogP contribution in [-0.2, 0) is 27.3 Å². The number of carbonyl (C=O) groups excluding carboxylic acids is 3. The monoisotopic (exact) mass is 660 g/mol. The number of nitrogens with one attached hydrogen (secondary N) is 1. The number of ketones is 1. The Labute approximate surface area is 273 Å². The zero-order valence-electron chi connectivity index (χ0n) is 27.9. The maximum atomic E-state index is 13.3. The minimum Gasteiger partial charge on any atom is -0.482 e. The lowest BCUT2D eigenvalue weighted by molar-refractivity contribution is -0.184. The van der Waals surface area contributed by atoms with Crippen molar-refractivity contribution >= 4 is 41.1 Å². The number of thiophene rings is 1. The van der Waals surface area contributed by atoms with E-state index in [4.69, 9.17) is 19.3 Å². The zero-order chi connectivity index (χ0) is 34.8. The molecule has 0 unspecified atom stereocenters. The highest BCUT2D eigenvalue weighted by Crippen LogP contribution is 2.48. The highest BCUT2D eigenvalue weighted by Gasteiger charge is 2.59. The number of amides is 2. The predicted molar refractivity (Wildman–Crippen MR) is 171 cm³/mol. The van der Waals surface area contributed by atoms with Crippen molar-refractivity contribution in [2.75, 3.05) is 19.7 Å². The van der Waals surface area contributed by atoms with E-state index in [2.05, 4.69) is 5.32 Å². The quantitative estimate of drug-likeness (QED) is 0.280. The fourth-order valence-electron chi connectivity index (χ4n) is 5.59. The van der Waals surface area contributed by atoms with E-state index < -0.39 is 64.9 Å². The Balaban J connectivity index is 1.82. The smallest absolute Gasteiger partial charge is 0.410 e. The lowest BCUT2D eigenvalue weighted by Gasteiger charge is -2.49. The molecule has 0 fully saturated rings. The molecule has 46 heavy (non-hydrogen) atoms. The maximum absolute atomic E-state index is 13.3. The summed E-state index contributed by atoms with van der Waals surface area (Å²) in [6.45, 7) is 15.4. The van der Waals surface area contributed by atoms with E-state index in [0.717, 1.165) is 10.4 Å². The SMILES string of the molecule is CC(C)(C)OC(=O)N1CCc2sc(C(=O)NCC(=O)c3cc(OCC(=O)O)cc(OC(C(=O)O)(C(C)(C)C)C(C)(C)C)c3)cc2C1. The van der Waals surface area contributed by atoms with Gasteiger partial charge in [0.15, 0.2) is 12.4 Å². The summed E-state index contributed by atoms with van der Waals surface area (Å²) in [6, 6.07) is 5.71. The van der Waals surface area contributed by atoms with Crippen LogP contribution in [0.2, 0.25) is 0 Å². The second-order valence-corrected chi connectivity index (χ2v) is 15.4. The first-order valence-corrected chi connectivity index (χ1v) is 15.7. The van der Waals surface area contributed by atoms with E-state index in [1.807, 2.05) is 0 Å². The Morgan fingerprint density at radius 2 is 1.50 bits per heavy atom. The average Bonchev–Trinajstić information content (AvgIpc) is 3.34. The summed E-state index contributed by atoms with van der Waals surface area (Å²) in [4.78, 5) is 65.8. The molecule has 3 rings (SSSR count). The second-order valence-electron chi connectivity index (χ2n) is 14.3. The van der Waals surface area contributed by atoms with Crippen molar-refractivity contribution in [3.8, 4) is 11.5 Å². The van der Waals surface area contributed by atoms with Gasteiger partial charge in [0, 0.05) is 33.9 Å². The van der Waals surface area contributed by atoms with Crippen molar-refractivity contribution in [3.63, 3.8) is 0 Å². The van der Waals surface area contributed by atoms with Gasteiger partial charge in [-0.2, -0.15) is 0 Å². The summed E-state index contributed by atoms with van der Waals surface area (Å²) in [6.07, 6.45) is 0.141. The number of Topliss-reactive ketones (excluding diaryl/α,β-unsaturated/α-hetero) is 1. The Morgan fingerprint density at radius 1 is 0.891 bits per heavy atom. The Bertz CT molecular complexity index is 1490. The van der Waals surface area contributed by atoms with Crippen LogP contribution in [0.15, 0.2) is 24.3 Å². The van der Waals surface area contributed by atoms with Gasteiger partial charge in [-0.25, -0.2) is 14.4 Å². The Morgan fingerprint density at radius 3 is 2.04 bits per heavy atom. The van der Waals surface area contributed by atoms with Gasteiger partial charge in [-0.1, -0.05) is 41.5 Å². The minimum absolute atomic E-state index is 0.00899.